The summed E-state index contributed by atoms with van der Waals surface area (Å²) in [5, 5.41) is 0. The van der Waals surface area contributed by atoms with E-state index in [9.17, 15) is 13.2 Å². The normalized spacial score (nSPS) is 19.5. The summed E-state index contributed by atoms with van der Waals surface area (Å²) in [6.07, 6.45) is -3.47. The molecule has 8 heteroatoms. The molecule has 0 spiro atoms. The van der Waals surface area contributed by atoms with Crippen LogP contribution in [0.3, 0.4) is 0 Å². The maximum absolute atomic E-state index is 13.2. The Morgan fingerprint density at radius 3 is 1.82 bits per heavy atom. The van der Waals surface area contributed by atoms with Gasteiger partial charge in [-0.1, -0.05) is 12.8 Å². The van der Waals surface area contributed by atoms with Crippen LogP contribution in [0.2, 0.25) is 0 Å². The minimum Gasteiger partial charge on any atom is -0.368 e. The lowest BCUT2D eigenvalue weighted by atomic mass is 9.84. The quantitative estimate of drug-likeness (QED) is 0.782. The molecular weight excluding hydrogens is 235 g/mol. The summed E-state index contributed by atoms with van der Waals surface area (Å²) in [6.45, 7) is 0. The summed E-state index contributed by atoms with van der Waals surface area (Å²) in [4.78, 5) is 10.7. The summed E-state index contributed by atoms with van der Waals surface area (Å²) in [5.41, 5.74) is 8.62. The van der Waals surface area contributed by atoms with Gasteiger partial charge in [0.25, 0.3) is 0 Å². The van der Waals surface area contributed by atoms with Gasteiger partial charge in [0.2, 0.25) is 11.9 Å². The summed E-state index contributed by atoms with van der Waals surface area (Å²) >= 11 is 0. The molecule has 0 radical (unpaired) electrons. The van der Waals surface area contributed by atoms with E-state index in [4.69, 9.17) is 11.5 Å². The van der Waals surface area contributed by atoms with Crippen LogP contribution in [-0.4, -0.2) is 21.1 Å². The molecule has 17 heavy (non-hydrogen) atoms. The van der Waals surface area contributed by atoms with Crippen molar-refractivity contribution in [2.75, 3.05) is 11.5 Å². The van der Waals surface area contributed by atoms with E-state index in [1.165, 1.54) is 0 Å². The van der Waals surface area contributed by atoms with Gasteiger partial charge in [0.05, 0.1) is 0 Å². The molecule has 0 bridgehead atoms. The number of aromatic nitrogens is 3. The van der Waals surface area contributed by atoms with E-state index in [2.05, 4.69) is 15.0 Å². The molecule has 0 aliphatic heterocycles. The monoisotopic (exact) mass is 247 g/mol. The maximum atomic E-state index is 13.2. The van der Waals surface area contributed by atoms with Crippen molar-refractivity contribution in [3.63, 3.8) is 0 Å². The summed E-state index contributed by atoms with van der Waals surface area (Å²) in [5.74, 6) is -0.904. The van der Waals surface area contributed by atoms with Gasteiger partial charge in [0, 0.05) is 0 Å². The zero-order chi connectivity index (χ0) is 12.7. The minimum atomic E-state index is -4.40. The van der Waals surface area contributed by atoms with Crippen LogP contribution in [-0.2, 0) is 5.41 Å². The number of halogens is 3. The molecule has 1 aromatic heterocycles. The summed E-state index contributed by atoms with van der Waals surface area (Å²) in [7, 11) is 0. The molecule has 0 amide bonds. The van der Waals surface area contributed by atoms with Crippen molar-refractivity contribution in [1.29, 1.82) is 0 Å². The third kappa shape index (κ3) is 1.87. The van der Waals surface area contributed by atoms with Crippen molar-refractivity contribution >= 4 is 11.9 Å². The van der Waals surface area contributed by atoms with Crippen LogP contribution >= 0.6 is 0 Å². The highest BCUT2D eigenvalue weighted by atomic mass is 19.4. The topological polar surface area (TPSA) is 90.7 Å². The highest BCUT2D eigenvalue weighted by Crippen LogP contribution is 2.51. The predicted molar refractivity (Wildman–Crippen MR) is 54.9 cm³/mol. The first-order chi connectivity index (χ1) is 7.85. The molecule has 2 rings (SSSR count). The van der Waals surface area contributed by atoms with E-state index >= 15 is 0 Å². The molecule has 1 saturated carbocycles. The van der Waals surface area contributed by atoms with Crippen LogP contribution in [0.15, 0.2) is 0 Å². The lowest BCUT2D eigenvalue weighted by Crippen LogP contribution is -2.41. The molecule has 1 aliphatic carbocycles. The van der Waals surface area contributed by atoms with Gasteiger partial charge in [-0.2, -0.15) is 28.1 Å². The van der Waals surface area contributed by atoms with Crippen molar-refractivity contribution in [2.45, 2.75) is 37.3 Å². The standard InChI is InChI=1S/C9H12F3N5/c10-9(11,12)8(3-1-2-4-8)5-15-6(13)17-7(14)16-5/h1-4H2,(H4,13,14,15,16,17). The van der Waals surface area contributed by atoms with Gasteiger partial charge >= 0.3 is 6.18 Å². The van der Waals surface area contributed by atoms with E-state index in [1.54, 1.807) is 0 Å². The Morgan fingerprint density at radius 2 is 1.41 bits per heavy atom. The molecule has 1 heterocycles. The Labute approximate surface area is 95.5 Å². The molecule has 94 valence electrons. The highest BCUT2D eigenvalue weighted by Gasteiger charge is 2.59. The molecule has 5 nitrogen and oxygen atoms in total. The van der Waals surface area contributed by atoms with Gasteiger partial charge in [0.15, 0.2) is 5.82 Å². The Balaban J connectivity index is 2.53. The van der Waals surface area contributed by atoms with E-state index in [-0.39, 0.29) is 30.6 Å². The van der Waals surface area contributed by atoms with Crippen LogP contribution in [0, 0.1) is 0 Å². The second kappa shape index (κ2) is 3.71. The van der Waals surface area contributed by atoms with Gasteiger partial charge in [-0.25, -0.2) is 0 Å². The largest absolute Gasteiger partial charge is 0.401 e. The second-order valence-electron chi connectivity index (χ2n) is 4.16. The molecule has 4 N–H and O–H groups in total. The molecule has 0 atom stereocenters. The third-order valence-electron chi connectivity index (χ3n) is 3.10. The first-order valence-corrected chi connectivity index (χ1v) is 5.19. The molecular formula is C9H12F3N5. The van der Waals surface area contributed by atoms with Crippen LogP contribution in [0.1, 0.15) is 31.5 Å². The van der Waals surface area contributed by atoms with Crippen LogP contribution in [0.25, 0.3) is 0 Å². The van der Waals surface area contributed by atoms with E-state index in [1.807, 2.05) is 0 Å². The van der Waals surface area contributed by atoms with Crippen molar-refractivity contribution < 1.29 is 13.2 Å². The fraction of sp³-hybridized carbons (Fsp3) is 0.667. The molecule has 0 unspecified atom stereocenters. The number of nitrogens with zero attached hydrogens (tertiary/aromatic N) is 3. The Hall–Kier alpha value is -1.60. The second-order valence-corrected chi connectivity index (χ2v) is 4.16. The Bertz CT molecular complexity index is 405. The van der Waals surface area contributed by atoms with Crippen LogP contribution in [0.4, 0.5) is 25.1 Å². The number of nitrogens with two attached hydrogens (primary N) is 2. The van der Waals surface area contributed by atoms with Crippen LogP contribution in [0.5, 0.6) is 0 Å². The van der Waals surface area contributed by atoms with Crippen LogP contribution < -0.4 is 11.5 Å². The average molecular weight is 247 g/mol. The molecule has 1 aliphatic rings. The number of hydrogen-bond acceptors (Lipinski definition) is 5. The van der Waals surface area contributed by atoms with Gasteiger partial charge in [-0.3, -0.25) is 0 Å². The predicted octanol–water partition coefficient (Wildman–Crippen LogP) is 1.41. The number of alkyl halides is 3. The zero-order valence-electron chi connectivity index (χ0n) is 8.96. The average Bonchev–Trinajstić information content (AvgIpc) is 2.64. The lowest BCUT2D eigenvalue weighted by Gasteiger charge is -2.29. The fourth-order valence-electron chi connectivity index (χ4n) is 2.24. The van der Waals surface area contributed by atoms with Gasteiger partial charge in [-0.15, -0.1) is 0 Å². The lowest BCUT2D eigenvalue weighted by molar-refractivity contribution is -0.191. The van der Waals surface area contributed by atoms with Crippen molar-refractivity contribution in [3.05, 3.63) is 5.82 Å². The molecule has 1 fully saturated rings. The number of nitrogen functional groups attached to an aromatic ring is 2. The molecule has 0 aromatic carbocycles. The van der Waals surface area contributed by atoms with Gasteiger partial charge in [-0.05, 0) is 12.8 Å². The van der Waals surface area contributed by atoms with Crippen molar-refractivity contribution in [2.24, 2.45) is 0 Å². The minimum absolute atomic E-state index is 0.0284. The Morgan fingerprint density at radius 1 is 0.941 bits per heavy atom. The number of anilines is 2. The van der Waals surface area contributed by atoms with Crippen molar-refractivity contribution in [1.82, 2.24) is 15.0 Å². The van der Waals surface area contributed by atoms with Gasteiger partial charge < -0.3 is 11.5 Å². The SMILES string of the molecule is Nc1nc(N)nc(C2(C(F)(F)F)CCCC2)n1. The molecule has 1 aromatic rings. The number of hydrogen-bond donors (Lipinski definition) is 2. The number of rotatable bonds is 1. The van der Waals surface area contributed by atoms with E-state index < -0.39 is 11.6 Å². The highest BCUT2D eigenvalue weighted by molar-refractivity contribution is 5.30. The van der Waals surface area contributed by atoms with Crippen molar-refractivity contribution in [3.8, 4) is 0 Å². The van der Waals surface area contributed by atoms with Gasteiger partial charge in [0.1, 0.15) is 5.41 Å². The smallest absolute Gasteiger partial charge is 0.368 e. The maximum Gasteiger partial charge on any atom is 0.401 e. The van der Waals surface area contributed by atoms with E-state index in [0.29, 0.717) is 12.8 Å². The zero-order valence-corrected chi connectivity index (χ0v) is 8.96. The third-order valence-corrected chi connectivity index (χ3v) is 3.10. The first-order valence-electron chi connectivity index (χ1n) is 5.19. The fourth-order valence-corrected chi connectivity index (χ4v) is 2.24. The van der Waals surface area contributed by atoms with E-state index in [0.717, 1.165) is 0 Å². The Kier molecular flexibility index (Phi) is 2.59. The molecule has 0 saturated heterocycles. The summed E-state index contributed by atoms with van der Waals surface area (Å²) < 4.78 is 39.5. The first kappa shape index (κ1) is 11.9. The summed E-state index contributed by atoms with van der Waals surface area (Å²) in [6, 6.07) is 0.